The highest BCUT2D eigenvalue weighted by Gasteiger charge is 2.25. The van der Waals surface area contributed by atoms with Gasteiger partial charge in [-0.25, -0.2) is 0 Å². The van der Waals surface area contributed by atoms with Gasteiger partial charge in [0.25, 0.3) is 0 Å². The van der Waals surface area contributed by atoms with Crippen molar-refractivity contribution in [2.75, 3.05) is 19.8 Å². The van der Waals surface area contributed by atoms with E-state index in [0.29, 0.717) is 25.8 Å². The van der Waals surface area contributed by atoms with Gasteiger partial charge in [-0.1, -0.05) is 13.0 Å². The predicted molar refractivity (Wildman–Crippen MR) is 72.6 cm³/mol. The van der Waals surface area contributed by atoms with E-state index in [0.717, 1.165) is 23.0 Å². The Morgan fingerprint density at radius 3 is 2.74 bits per heavy atom. The van der Waals surface area contributed by atoms with Crippen molar-refractivity contribution in [1.29, 1.82) is 0 Å². The number of rotatable bonds is 4. The largest absolute Gasteiger partial charge is 0.486 e. The van der Waals surface area contributed by atoms with Crippen LogP contribution in [0.2, 0.25) is 0 Å². The molecule has 1 unspecified atom stereocenters. The minimum atomic E-state index is -0.494. The van der Waals surface area contributed by atoms with Gasteiger partial charge in [0.05, 0.1) is 6.10 Å². The van der Waals surface area contributed by atoms with Crippen molar-refractivity contribution in [2.45, 2.75) is 31.9 Å². The van der Waals surface area contributed by atoms with Crippen LogP contribution >= 0.6 is 0 Å². The van der Waals surface area contributed by atoms with Crippen molar-refractivity contribution >= 4 is 0 Å². The molecule has 1 heterocycles. The summed E-state index contributed by atoms with van der Waals surface area (Å²) in [4.78, 5) is 0. The van der Waals surface area contributed by atoms with Crippen LogP contribution in [0.3, 0.4) is 0 Å². The Hall–Kier alpha value is -1.26. The number of ether oxygens (including phenoxy) is 2. The molecule has 0 saturated heterocycles. The Morgan fingerprint density at radius 2 is 2.00 bits per heavy atom. The lowest BCUT2D eigenvalue weighted by atomic mass is 9.82. The fourth-order valence-electron chi connectivity index (χ4n) is 2.73. The van der Waals surface area contributed by atoms with Gasteiger partial charge in [-0.15, -0.1) is 0 Å². The SMILES string of the molecule is CC1CC(NCC(O)c2ccc3c(c2)OCCO3)C1. The minimum Gasteiger partial charge on any atom is -0.486 e. The Labute approximate surface area is 113 Å². The highest BCUT2D eigenvalue weighted by atomic mass is 16.6. The Balaban J connectivity index is 1.58. The summed E-state index contributed by atoms with van der Waals surface area (Å²) in [5.41, 5.74) is 0.879. The zero-order valence-electron chi connectivity index (χ0n) is 11.3. The molecule has 1 fully saturated rings. The quantitative estimate of drug-likeness (QED) is 0.871. The highest BCUT2D eigenvalue weighted by Crippen LogP contribution is 2.33. The second kappa shape index (κ2) is 5.39. The van der Waals surface area contributed by atoms with Crippen LogP contribution in [-0.4, -0.2) is 30.9 Å². The van der Waals surface area contributed by atoms with E-state index in [1.54, 1.807) is 0 Å². The van der Waals surface area contributed by atoms with Gasteiger partial charge in [-0.2, -0.15) is 0 Å². The van der Waals surface area contributed by atoms with Crippen molar-refractivity contribution in [3.63, 3.8) is 0 Å². The molecule has 19 heavy (non-hydrogen) atoms. The van der Waals surface area contributed by atoms with Crippen LogP contribution in [0.1, 0.15) is 31.4 Å². The molecule has 1 atom stereocenters. The van der Waals surface area contributed by atoms with Gasteiger partial charge in [0.2, 0.25) is 0 Å². The summed E-state index contributed by atoms with van der Waals surface area (Å²) < 4.78 is 11.0. The fourth-order valence-corrected chi connectivity index (χ4v) is 2.73. The molecule has 0 amide bonds. The van der Waals surface area contributed by atoms with E-state index in [1.165, 1.54) is 12.8 Å². The lowest BCUT2D eigenvalue weighted by Gasteiger charge is -2.34. The highest BCUT2D eigenvalue weighted by molar-refractivity contribution is 5.44. The van der Waals surface area contributed by atoms with Gasteiger partial charge >= 0.3 is 0 Å². The van der Waals surface area contributed by atoms with Crippen LogP contribution in [0, 0.1) is 5.92 Å². The first-order valence-corrected chi connectivity index (χ1v) is 7.03. The van der Waals surface area contributed by atoms with Gasteiger partial charge in [-0.3, -0.25) is 0 Å². The van der Waals surface area contributed by atoms with Crippen molar-refractivity contribution in [2.24, 2.45) is 5.92 Å². The number of hydrogen-bond acceptors (Lipinski definition) is 4. The minimum absolute atomic E-state index is 0.494. The molecule has 2 N–H and O–H groups in total. The summed E-state index contributed by atoms with van der Waals surface area (Å²) >= 11 is 0. The molecule has 1 aliphatic carbocycles. The van der Waals surface area contributed by atoms with E-state index in [4.69, 9.17) is 9.47 Å². The van der Waals surface area contributed by atoms with Crippen LogP contribution in [-0.2, 0) is 0 Å². The van der Waals surface area contributed by atoms with Crippen molar-refractivity contribution in [1.82, 2.24) is 5.32 Å². The number of fused-ring (bicyclic) bond motifs is 1. The molecule has 1 aromatic rings. The topological polar surface area (TPSA) is 50.7 Å². The van der Waals surface area contributed by atoms with E-state index in [9.17, 15) is 5.11 Å². The molecule has 0 aromatic heterocycles. The number of aliphatic hydroxyl groups excluding tert-OH is 1. The molecule has 0 spiro atoms. The second-order valence-corrected chi connectivity index (χ2v) is 5.60. The third-order valence-electron chi connectivity index (χ3n) is 3.92. The maximum atomic E-state index is 10.2. The van der Waals surface area contributed by atoms with Crippen molar-refractivity contribution in [3.05, 3.63) is 23.8 Å². The first-order valence-electron chi connectivity index (χ1n) is 7.03. The standard InChI is InChI=1S/C15H21NO3/c1-10-6-12(7-10)16-9-13(17)11-2-3-14-15(8-11)19-5-4-18-14/h2-3,8,10,12-13,16-17H,4-7,9H2,1H3. The average Bonchev–Trinajstić information content (AvgIpc) is 2.41. The number of nitrogens with one attached hydrogen (secondary N) is 1. The van der Waals surface area contributed by atoms with Crippen LogP contribution < -0.4 is 14.8 Å². The summed E-state index contributed by atoms with van der Waals surface area (Å²) in [5.74, 6) is 2.33. The number of aliphatic hydroxyl groups is 1. The van der Waals surface area contributed by atoms with Crippen LogP contribution in [0.15, 0.2) is 18.2 Å². The van der Waals surface area contributed by atoms with Crippen LogP contribution in [0.4, 0.5) is 0 Å². The summed E-state index contributed by atoms with van der Waals surface area (Å²) in [6.45, 7) is 4.02. The zero-order valence-corrected chi connectivity index (χ0v) is 11.3. The Kier molecular flexibility index (Phi) is 3.62. The van der Waals surface area contributed by atoms with E-state index in [-0.39, 0.29) is 0 Å². The first-order chi connectivity index (χ1) is 9.22. The van der Waals surface area contributed by atoms with E-state index < -0.39 is 6.10 Å². The first kappa shape index (κ1) is 12.8. The monoisotopic (exact) mass is 263 g/mol. The van der Waals surface area contributed by atoms with Gasteiger partial charge in [0.1, 0.15) is 13.2 Å². The molecule has 1 saturated carbocycles. The van der Waals surface area contributed by atoms with Gasteiger partial charge in [0, 0.05) is 12.6 Å². The zero-order chi connectivity index (χ0) is 13.2. The predicted octanol–water partition coefficient (Wildman–Crippen LogP) is 1.88. The average molecular weight is 263 g/mol. The lowest BCUT2D eigenvalue weighted by molar-refractivity contribution is 0.147. The smallest absolute Gasteiger partial charge is 0.161 e. The van der Waals surface area contributed by atoms with Gasteiger partial charge in [0.15, 0.2) is 11.5 Å². The van der Waals surface area contributed by atoms with Gasteiger partial charge < -0.3 is 19.9 Å². The third kappa shape index (κ3) is 2.85. The molecule has 3 rings (SSSR count). The fraction of sp³-hybridized carbons (Fsp3) is 0.600. The summed E-state index contributed by atoms with van der Waals surface area (Å²) in [6, 6.07) is 6.23. The summed E-state index contributed by atoms with van der Waals surface area (Å²) in [6.07, 6.45) is 1.94. The van der Waals surface area contributed by atoms with Crippen molar-refractivity contribution in [3.8, 4) is 11.5 Å². The normalized spacial score (nSPS) is 26.6. The second-order valence-electron chi connectivity index (χ2n) is 5.60. The van der Waals surface area contributed by atoms with E-state index in [1.807, 2.05) is 18.2 Å². The molecule has 0 radical (unpaired) electrons. The van der Waals surface area contributed by atoms with Gasteiger partial charge in [-0.05, 0) is 36.5 Å². The molecule has 104 valence electrons. The van der Waals surface area contributed by atoms with E-state index in [2.05, 4.69) is 12.2 Å². The number of hydrogen-bond donors (Lipinski definition) is 2. The summed E-state index contributed by atoms with van der Waals surface area (Å²) in [5, 5.41) is 13.6. The molecule has 4 nitrogen and oxygen atoms in total. The third-order valence-corrected chi connectivity index (χ3v) is 3.92. The molecular weight excluding hydrogens is 242 g/mol. The number of benzene rings is 1. The molecule has 0 bridgehead atoms. The van der Waals surface area contributed by atoms with Crippen molar-refractivity contribution < 1.29 is 14.6 Å². The molecule has 2 aliphatic rings. The molecule has 4 heteroatoms. The maximum Gasteiger partial charge on any atom is 0.161 e. The molecular formula is C15H21NO3. The van der Waals surface area contributed by atoms with Crippen LogP contribution in [0.5, 0.6) is 11.5 Å². The molecule has 1 aromatic carbocycles. The lowest BCUT2D eigenvalue weighted by Crippen LogP contribution is -2.41. The van der Waals surface area contributed by atoms with E-state index >= 15 is 0 Å². The Morgan fingerprint density at radius 1 is 1.26 bits per heavy atom. The van der Waals surface area contributed by atoms with Crippen LogP contribution in [0.25, 0.3) is 0 Å². The molecule has 1 aliphatic heterocycles. The maximum absolute atomic E-state index is 10.2. The Bertz CT molecular complexity index is 443. The summed E-state index contributed by atoms with van der Waals surface area (Å²) in [7, 11) is 0.